The lowest BCUT2D eigenvalue weighted by atomic mass is 9.92. The number of ether oxygens (including phenoxy) is 1. The van der Waals surface area contributed by atoms with Crippen LogP contribution >= 0.6 is 0 Å². The minimum atomic E-state index is -0.157. The third-order valence-corrected chi connectivity index (χ3v) is 8.80. The van der Waals surface area contributed by atoms with Gasteiger partial charge in [-0.05, 0) is 56.8 Å². The van der Waals surface area contributed by atoms with E-state index in [2.05, 4.69) is 20.2 Å². The van der Waals surface area contributed by atoms with Gasteiger partial charge in [0.2, 0.25) is 11.9 Å². The number of hydrogen-bond acceptors (Lipinski definition) is 8. The lowest BCUT2D eigenvalue weighted by molar-refractivity contribution is -0.122. The predicted octanol–water partition coefficient (Wildman–Crippen LogP) is 3.41. The highest BCUT2D eigenvalue weighted by molar-refractivity contribution is 5.99. The number of hydrazine groups is 1. The summed E-state index contributed by atoms with van der Waals surface area (Å²) in [6.07, 6.45) is 9.85. The van der Waals surface area contributed by atoms with Gasteiger partial charge in [-0.1, -0.05) is 25.3 Å². The summed E-state index contributed by atoms with van der Waals surface area (Å²) in [7, 11) is 5.48. The zero-order chi connectivity index (χ0) is 27.1. The van der Waals surface area contributed by atoms with E-state index in [-0.39, 0.29) is 23.8 Å². The number of fused-ring (bicyclic) bond motifs is 1. The molecule has 0 radical (unpaired) electrons. The van der Waals surface area contributed by atoms with E-state index in [0.29, 0.717) is 35.8 Å². The number of carbonyl (C=O) groups excluding carboxylic acids is 2. The second-order valence-electron chi connectivity index (χ2n) is 11.6. The zero-order valence-corrected chi connectivity index (χ0v) is 23.2. The van der Waals surface area contributed by atoms with Crippen molar-refractivity contribution in [1.82, 2.24) is 19.9 Å². The molecule has 2 aliphatic heterocycles. The molecule has 6 rings (SSSR count). The highest BCUT2D eigenvalue weighted by atomic mass is 16.5. The van der Waals surface area contributed by atoms with Crippen molar-refractivity contribution in [2.75, 3.05) is 56.1 Å². The number of nitrogens with one attached hydrogen (secondary N) is 1. The molecule has 39 heavy (non-hydrogen) atoms. The van der Waals surface area contributed by atoms with Gasteiger partial charge in [-0.25, -0.2) is 9.99 Å². The molecule has 0 spiro atoms. The monoisotopic (exact) mass is 533 g/mol. The van der Waals surface area contributed by atoms with Crippen LogP contribution in [0.3, 0.4) is 0 Å². The largest absolute Gasteiger partial charge is 0.497 e. The Hall–Kier alpha value is -3.40. The first kappa shape index (κ1) is 25.9. The van der Waals surface area contributed by atoms with Crippen LogP contribution in [0, 0.1) is 11.8 Å². The van der Waals surface area contributed by atoms with Gasteiger partial charge < -0.3 is 19.4 Å². The molecule has 2 amide bonds. The normalized spacial score (nSPS) is 22.6. The second kappa shape index (κ2) is 10.6. The summed E-state index contributed by atoms with van der Waals surface area (Å²) in [6.45, 7) is 2.20. The number of hydrogen-bond donors (Lipinski definition) is 1. The fourth-order valence-corrected chi connectivity index (χ4v) is 6.32. The Kier molecular flexibility index (Phi) is 7.05. The number of amides is 2. The molecule has 1 saturated heterocycles. The molecule has 2 aromatic rings. The van der Waals surface area contributed by atoms with E-state index in [0.717, 1.165) is 50.3 Å². The number of nitrogens with zero attached hydrogens (tertiary/aromatic N) is 6. The van der Waals surface area contributed by atoms with Gasteiger partial charge in [0.1, 0.15) is 11.4 Å². The Morgan fingerprint density at radius 1 is 1.08 bits per heavy atom. The third kappa shape index (κ3) is 5.14. The zero-order valence-electron chi connectivity index (χ0n) is 23.2. The summed E-state index contributed by atoms with van der Waals surface area (Å²) in [4.78, 5) is 43.2. The van der Waals surface area contributed by atoms with Crippen molar-refractivity contribution in [2.45, 2.75) is 57.0 Å². The fraction of sp³-hybridized carbons (Fsp3) is 0.586. The topological polar surface area (TPSA) is 94.1 Å². The van der Waals surface area contributed by atoms with Crippen molar-refractivity contribution >= 4 is 29.3 Å². The Morgan fingerprint density at radius 3 is 2.54 bits per heavy atom. The molecule has 1 unspecified atom stereocenters. The van der Waals surface area contributed by atoms with E-state index in [1.165, 1.54) is 19.3 Å². The van der Waals surface area contributed by atoms with Gasteiger partial charge in [0.15, 0.2) is 5.82 Å². The summed E-state index contributed by atoms with van der Waals surface area (Å²) in [5, 5.41) is 1.65. The number of anilines is 3. The number of likely N-dealkylation sites (N-methyl/N-ethyl adjacent to an activating group) is 1. The smallest absolute Gasteiger partial charge is 0.272 e. The molecule has 1 aromatic carbocycles. The molecule has 3 fully saturated rings. The average Bonchev–Trinajstić information content (AvgIpc) is 3.80. The van der Waals surface area contributed by atoms with Gasteiger partial charge in [-0.15, -0.1) is 0 Å². The number of likely N-dealkylation sites (tertiary alicyclic amines) is 1. The minimum Gasteiger partial charge on any atom is -0.497 e. The van der Waals surface area contributed by atoms with Gasteiger partial charge >= 0.3 is 0 Å². The van der Waals surface area contributed by atoms with Crippen molar-refractivity contribution < 1.29 is 14.3 Å². The maximum atomic E-state index is 13.7. The van der Waals surface area contributed by atoms with Crippen LogP contribution < -0.4 is 20.0 Å². The SMILES string of the molecule is COc1cccc(C(=O)N(Nc2ncc3c(n2)N(C2CCCCC2)CC(C2CC2)C(=O)N3C)C2CN(C)C2)c1. The van der Waals surface area contributed by atoms with Gasteiger partial charge in [0, 0.05) is 38.3 Å². The van der Waals surface area contributed by atoms with E-state index in [1.54, 1.807) is 35.3 Å². The fourth-order valence-electron chi connectivity index (χ4n) is 6.32. The van der Waals surface area contributed by atoms with Crippen molar-refractivity contribution in [3.8, 4) is 5.75 Å². The number of aromatic nitrogens is 2. The average molecular weight is 534 g/mol. The van der Waals surface area contributed by atoms with Crippen LogP contribution in [0.15, 0.2) is 30.5 Å². The molecule has 1 aromatic heterocycles. The standard InChI is InChI=1S/C29H39N7O3/c1-33-16-22(17-33)36(27(37)20-8-7-11-23(14-20)39-3)32-29-30-15-25-26(31-29)35(21-9-5-4-6-10-21)18-24(19-12-13-19)28(38)34(25)2/h7-8,11,14-15,19,21-22,24H,4-6,9-10,12-13,16-18H2,1-3H3,(H,30,31,32). The summed E-state index contributed by atoms with van der Waals surface area (Å²) in [6, 6.07) is 7.53. The summed E-state index contributed by atoms with van der Waals surface area (Å²) in [5.74, 6) is 2.24. The van der Waals surface area contributed by atoms with E-state index >= 15 is 0 Å². The maximum absolute atomic E-state index is 13.7. The van der Waals surface area contributed by atoms with Crippen molar-refractivity contribution in [3.63, 3.8) is 0 Å². The predicted molar refractivity (Wildman–Crippen MR) is 150 cm³/mol. The molecule has 2 saturated carbocycles. The molecule has 10 heteroatoms. The lowest BCUT2D eigenvalue weighted by Gasteiger charge is -2.43. The molecule has 1 atom stereocenters. The highest BCUT2D eigenvalue weighted by Crippen LogP contribution is 2.44. The molecule has 3 heterocycles. The van der Waals surface area contributed by atoms with E-state index < -0.39 is 0 Å². The molecule has 0 bridgehead atoms. The van der Waals surface area contributed by atoms with Crippen molar-refractivity contribution in [1.29, 1.82) is 0 Å². The number of methoxy groups -OCH3 is 1. The van der Waals surface area contributed by atoms with Crippen LogP contribution in [-0.4, -0.2) is 84.6 Å². The van der Waals surface area contributed by atoms with E-state index in [4.69, 9.17) is 9.72 Å². The quantitative estimate of drug-likeness (QED) is 0.542. The van der Waals surface area contributed by atoms with Gasteiger partial charge in [0.05, 0.1) is 25.3 Å². The van der Waals surface area contributed by atoms with Crippen molar-refractivity contribution in [3.05, 3.63) is 36.0 Å². The summed E-state index contributed by atoms with van der Waals surface area (Å²) < 4.78 is 5.35. The third-order valence-electron chi connectivity index (χ3n) is 8.80. The van der Waals surface area contributed by atoms with Gasteiger partial charge in [-0.3, -0.25) is 15.0 Å². The van der Waals surface area contributed by atoms with Crippen LogP contribution in [0.4, 0.5) is 17.5 Å². The number of carbonyl (C=O) groups is 2. The first-order valence-electron chi connectivity index (χ1n) is 14.3. The Morgan fingerprint density at radius 2 is 1.85 bits per heavy atom. The molecule has 208 valence electrons. The Labute approximate surface area is 230 Å². The van der Waals surface area contributed by atoms with E-state index in [1.807, 2.05) is 26.2 Å². The molecule has 10 nitrogen and oxygen atoms in total. The first-order valence-corrected chi connectivity index (χ1v) is 14.3. The second-order valence-corrected chi connectivity index (χ2v) is 11.6. The van der Waals surface area contributed by atoms with Crippen LogP contribution in [0.5, 0.6) is 5.75 Å². The van der Waals surface area contributed by atoms with Crippen molar-refractivity contribution in [2.24, 2.45) is 11.8 Å². The Balaban J connectivity index is 1.33. The molecular weight excluding hydrogens is 494 g/mol. The minimum absolute atomic E-state index is 0.0146. The molecule has 1 N–H and O–H groups in total. The molecule has 4 aliphatic rings. The highest BCUT2D eigenvalue weighted by Gasteiger charge is 2.44. The Bertz CT molecular complexity index is 1220. The van der Waals surface area contributed by atoms with E-state index in [9.17, 15) is 9.59 Å². The van der Waals surface area contributed by atoms with Crippen LogP contribution in [-0.2, 0) is 4.79 Å². The number of rotatable bonds is 7. The van der Waals surface area contributed by atoms with Crippen LogP contribution in [0.2, 0.25) is 0 Å². The molecule has 2 aliphatic carbocycles. The van der Waals surface area contributed by atoms with Crippen LogP contribution in [0.1, 0.15) is 55.3 Å². The van der Waals surface area contributed by atoms with Crippen LogP contribution in [0.25, 0.3) is 0 Å². The van der Waals surface area contributed by atoms with Gasteiger partial charge in [0.25, 0.3) is 5.91 Å². The first-order chi connectivity index (χ1) is 18.9. The molecular formula is C29H39N7O3. The van der Waals surface area contributed by atoms with Gasteiger partial charge in [-0.2, -0.15) is 4.98 Å². The summed E-state index contributed by atoms with van der Waals surface area (Å²) >= 11 is 0. The maximum Gasteiger partial charge on any atom is 0.272 e. The summed E-state index contributed by atoms with van der Waals surface area (Å²) in [5.41, 5.74) is 4.55. The lowest BCUT2D eigenvalue weighted by Crippen LogP contribution is -2.61. The number of benzene rings is 1.